The first-order valence-corrected chi connectivity index (χ1v) is 12.4. The molecule has 0 saturated heterocycles. The topological polar surface area (TPSA) is 123 Å². The number of ether oxygens (including phenoxy) is 2. The van der Waals surface area contributed by atoms with Crippen LogP contribution in [-0.4, -0.2) is 48.6 Å². The van der Waals surface area contributed by atoms with Crippen LogP contribution in [0.5, 0.6) is 17.2 Å². The first-order valence-electron chi connectivity index (χ1n) is 12.4. The van der Waals surface area contributed by atoms with Gasteiger partial charge in [0.15, 0.2) is 11.5 Å². The number of anilines is 1. The maximum atomic E-state index is 13.7. The molecule has 3 aromatic carbocycles. The molecule has 0 aliphatic carbocycles. The van der Waals surface area contributed by atoms with E-state index in [-0.39, 0.29) is 60.1 Å². The second-order valence-electron chi connectivity index (χ2n) is 9.21. The molecule has 0 fully saturated rings. The fourth-order valence-electron chi connectivity index (χ4n) is 4.44. The van der Waals surface area contributed by atoms with Crippen LogP contribution < -0.4 is 38.6 Å². The number of carbonyl (C=O) groups excluding carboxylic acids is 3. The minimum absolute atomic E-state index is 0. The Balaban J connectivity index is 0.00000370. The number of benzene rings is 3. The van der Waals surface area contributed by atoms with Crippen LogP contribution in [0.2, 0.25) is 0 Å². The van der Waals surface area contributed by atoms with Crippen molar-refractivity contribution in [3.63, 3.8) is 0 Å². The molecule has 200 valence electrons. The van der Waals surface area contributed by atoms with Gasteiger partial charge in [-0.1, -0.05) is 49.0 Å². The summed E-state index contributed by atoms with van der Waals surface area (Å²) in [6, 6.07) is 18.2. The molecule has 2 N–H and O–H groups in total. The van der Waals surface area contributed by atoms with Gasteiger partial charge in [-0.2, -0.15) is 0 Å². The Morgan fingerprint density at radius 1 is 1.02 bits per heavy atom. The standard InChI is InChI=1S/C29H28N4O6.Li/c1-4-20(17-13-14-22-23(15-17)39-16-38-22)30-24-25(29(37)33(28(24)36)18-9-6-5-7-10-18)31-21-12-8-11-19(26(21)34)27(35)32(2)3;/h5-15,20H,4,16H2,1-3H3,(H3,30,31,34,35,36,37);/q;+1/p-1/t20-;/m1./s1. The average molecular weight is 534 g/mol. The number of phenolic OH excluding ortho intramolecular Hbond substituents is 1. The van der Waals surface area contributed by atoms with Crippen LogP contribution in [0.4, 0.5) is 11.4 Å². The molecular weight excluding hydrogens is 507 g/mol. The fourth-order valence-corrected chi connectivity index (χ4v) is 4.44. The number of hydrogen-bond acceptors (Lipinski definition) is 7. The van der Waals surface area contributed by atoms with Gasteiger partial charge in [0.05, 0.1) is 23.0 Å². The van der Waals surface area contributed by atoms with Crippen LogP contribution in [0.1, 0.15) is 35.3 Å². The molecule has 0 bridgehead atoms. The number of imide groups is 1. The smallest absolute Gasteiger partial charge is 0.649 e. The number of fused-ring (bicyclic) bond motifs is 1. The van der Waals surface area contributed by atoms with Crippen molar-refractivity contribution in [2.24, 2.45) is 0 Å². The third-order valence-electron chi connectivity index (χ3n) is 6.48. The Hall–Kier alpha value is -4.39. The van der Waals surface area contributed by atoms with E-state index >= 15 is 0 Å². The van der Waals surface area contributed by atoms with Crippen molar-refractivity contribution in [3.8, 4) is 17.2 Å². The number of para-hydroxylation sites is 2. The number of phenols is 1. The van der Waals surface area contributed by atoms with Crippen molar-refractivity contribution < 1.29 is 47.8 Å². The maximum Gasteiger partial charge on any atom is 1.00 e. The summed E-state index contributed by atoms with van der Waals surface area (Å²) in [5, 5.41) is 18.5. The molecule has 0 radical (unpaired) electrons. The monoisotopic (exact) mass is 534 g/mol. The fraction of sp³-hybridized carbons (Fsp3) is 0.207. The van der Waals surface area contributed by atoms with Gasteiger partial charge in [0, 0.05) is 14.1 Å². The van der Waals surface area contributed by atoms with E-state index in [4.69, 9.17) is 9.47 Å². The van der Waals surface area contributed by atoms with E-state index in [1.807, 2.05) is 19.1 Å². The van der Waals surface area contributed by atoms with Crippen LogP contribution in [0.3, 0.4) is 0 Å². The summed E-state index contributed by atoms with van der Waals surface area (Å²) >= 11 is 0. The first kappa shape index (κ1) is 28.6. The number of aromatic hydroxyl groups is 1. The molecule has 2 heterocycles. The van der Waals surface area contributed by atoms with Crippen molar-refractivity contribution in [2.75, 3.05) is 25.8 Å². The Morgan fingerprint density at radius 2 is 1.75 bits per heavy atom. The SMILES string of the molecule is CC[C@@H](NC1=C([N-]c2cccc(C(=O)N(C)C)c2O)C(=O)N(c2ccccc2)C1=O)c1ccc2c(c1)OCO2.[Li+]. The first-order chi connectivity index (χ1) is 18.8. The second-order valence-corrected chi connectivity index (χ2v) is 9.21. The van der Waals surface area contributed by atoms with E-state index < -0.39 is 17.7 Å². The molecule has 40 heavy (non-hydrogen) atoms. The minimum Gasteiger partial charge on any atom is -0.649 e. The van der Waals surface area contributed by atoms with Crippen molar-refractivity contribution in [3.05, 3.63) is 94.6 Å². The van der Waals surface area contributed by atoms with E-state index in [2.05, 4.69) is 10.6 Å². The van der Waals surface area contributed by atoms with Gasteiger partial charge in [0.25, 0.3) is 11.8 Å². The number of nitrogens with one attached hydrogen (secondary N) is 1. The van der Waals surface area contributed by atoms with E-state index in [9.17, 15) is 19.5 Å². The van der Waals surface area contributed by atoms with Crippen LogP contribution in [0.25, 0.3) is 5.32 Å². The van der Waals surface area contributed by atoms with Gasteiger partial charge >= 0.3 is 18.9 Å². The number of nitrogens with zero attached hydrogens (tertiary/aromatic N) is 3. The van der Waals surface area contributed by atoms with Gasteiger partial charge in [-0.05, 0) is 48.0 Å². The summed E-state index contributed by atoms with van der Waals surface area (Å²) in [7, 11) is 3.13. The van der Waals surface area contributed by atoms with Crippen LogP contribution in [0.15, 0.2) is 78.1 Å². The zero-order valence-corrected chi connectivity index (χ0v) is 22.7. The molecule has 0 saturated carbocycles. The van der Waals surface area contributed by atoms with E-state index in [0.29, 0.717) is 23.6 Å². The third-order valence-corrected chi connectivity index (χ3v) is 6.48. The Bertz CT molecular complexity index is 1490. The van der Waals surface area contributed by atoms with Gasteiger partial charge in [-0.15, -0.1) is 0 Å². The predicted molar refractivity (Wildman–Crippen MR) is 144 cm³/mol. The molecule has 1 atom stereocenters. The largest absolute Gasteiger partial charge is 1.00 e. The molecule has 5 rings (SSSR count). The molecule has 0 unspecified atom stereocenters. The van der Waals surface area contributed by atoms with Crippen molar-refractivity contribution >= 4 is 29.1 Å². The summed E-state index contributed by atoms with van der Waals surface area (Å²) in [5.41, 5.74) is 1.04. The van der Waals surface area contributed by atoms with E-state index in [1.54, 1.807) is 56.6 Å². The Kier molecular flexibility index (Phi) is 8.42. The molecule has 0 spiro atoms. The summed E-state index contributed by atoms with van der Waals surface area (Å²) in [6.07, 6.45) is 0.571. The predicted octanol–water partition coefficient (Wildman–Crippen LogP) is 1.36. The number of hydrogen-bond donors (Lipinski definition) is 2. The van der Waals surface area contributed by atoms with Crippen molar-refractivity contribution in [1.29, 1.82) is 0 Å². The number of carbonyl (C=O) groups is 3. The molecule has 3 amide bonds. The maximum absolute atomic E-state index is 13.7. The average Bonchev–Trinajstić information content (AvgIpc) is 3.50. The number of rotatable bonds is 8. The van der Waals surface area contributed by atoms with E-state index in [1.165, 1.54) is 17.0 Å². The summed E-state index contributed by atoms with van der Waals surface area (Å²) < 4.78 is 10.9. The molecule has 0 aromatic heterocycles. The minimum atomic E-state index is -0.655. The summed E-state index contributed by atoms with van der Waals surface area (Å²) in [6.45, 7) is 2.08. The van der Waals surface area contributed by atoms with Crippen LogP contribution in [-0.2, 0) is 9.59 Å². The third kappa shape index (κ3) is 5.24. The van der Waals surface area contributed by atoms with Gasteiger partial charge in [-0.3, -0.25) is 14.4 Å². The van der Waals surface area contributed by atoms with Gasteiger partial charge < -0.3 is 30.1 Å². The molecule has 10 nitrogen and oxygen atoms in total. The molecule has 3 aromatic rings. The van der Waals surface area contributed by atoms with Crippen molar-refractivity contribution in [2.45, 2.75) is 19.4 Å². The normalized spacial score (nSPS) is 14.6. The van der Waals surface area contributed by atoms with Crippen LogP contribution in [0, 0.1) is 0 Å². The van der Waals surface area contributed by atoms with Gasteiger partial charge in [0.1, 0.15) is 5.75 Å². The Labute approximate surface area is 243 Å². The quantitative estimate of drug-likeness (QED) is 0.331. The molecular formula is C29H27LiN4O6. The van der Waals surface area contributed by atoms with Crippen molar-refractivity contribution in [1.82, 2.24) is 10.2 Å². The van der Waals surface area contributed by atoms with Gasteiger partial charge in [0.2, 0.25) is 12.7 Å². The number of amides is 3. The Morgan fingerprint density at radius 3 is 2.45 bits per heavy atom. The molecule has 2 aliphatic heterocycles. The zero-order valence-electron chi connectivity index (χ0n) is 22.7. The van der Waals surface area contributed by atoms with Gasteiger partial charge in [-0.25, -0.2) is 4.90 Å². The second kappa shape index (κ2) is 11.8. The van der Waals surface area contributed by atoms with E-state index in [0.717, 1.165) is 10.5 Å². The molecule has 2 aliphatic rings. The zero-order chi connectivity index (χ0) is 27.7. The molecule has 11 heteroatoms. The summed E-state index contributed by atoms with van der Waals surface area (Å²) in [5.74, 6) is -0.816. The summed E-state index contributed by atoms with van der Waals surface area (Å²) in [4.78, 5) is 42.3. The van der Waals surface area contributed by atoms with Crippen LogP contribution >= 0.6 is 0 Å².